The van der Waals surface area contributed by atoms with Gasteiger partial charge in [0, 0.05) is 23.0 Å². The number of methoxy groups -OCH3 is 1. The molecule has 0 saturated heterocycles. The molecular weight excluding hydrogens is 212 g/mol. The van der Waals surface area contributed by atoms with Crippen molar-refractivity contribution in [2.75, 3.05) is 7.11 Å². The Kier molecular flexibility index (Phi) is 2.83. The number of halogens is 1. The van der Waals surface area contributed by atoms with Gasteiger partial charge < -0.3 is 4.74 Å². The van der Waals surface area contributed by atoms with Crippen molar-refractivity contribution in [1.29, 1.82) is 0 Å². The maximum atomic E-state index is 5.90. The fraction of sp³-hybridized carbons (Fsp3) is 0.0909. The van der Waals surface area contributed by atoms with Gasteiger partial charge in [0.2, 0.25) is 5.88 Å². The molecule has 0 amide bonds. The maximum absolute atomic E-state index is 5.90. The van der Waals surface area contributed by atoms with Crippen LogP contribution in [0.3, 0.4) is 0 Å². The van der Waals surface area contributed by atoms with Crippen molar-refractivity contribution in [3.05, 3.63) is 41.7 Å². The third-order valence-electron chi connectivity index (χ3n) is 1.96. The minimum atomic E-state index is 0.500. The van der Waals surface area contributed by atoms with Gasteiger partial charge in [0.15, 0.2) is 0 Å². The summed E-state index contributed by atoms with van der Waals surface area (Å²) in [4.78, 5) is 8.29. The van der Waals surface area contributed by atoms with E-state index < -0.39 is 0 Å². The zero-order valence-electron chi connectivity index (χ0n) is 8.14. The van der Waals surface area contributed by atoms with Crippen LogP contribution in [-0.2, 0) is 0 Å². The van der Waals surface area contributed by atoms with Crippen molar-refractivity contribution >= 4 is 11.6 Å². The Morgan fingerprint density at radius 1 is 1.20 bits per heavy atom. The molecule has 0 aliphatic heterocycles. The SMILES string of the molecule is COc1nccnc1-c1cccc(Cl)c1. The highest BCUT2D eigenvalue weighted by atomic mass is 35.5. The zero-order chi connectivity index (χ0) is 10.7. The molecule has 3 nitrogen and oxygen atoms in total. The predicted molar refractivity (Wildman–Crippen MR) is 59.0 cm³/mol. The van der Waals surface area contributed by atoms with Gasteiger partial charge in [-0.1, -0.05) is 23.7 Å². The van der Waals surface area contributed by atoms with E-state index in [2.05, 4.69) is 9.97 Å². The van der Waals surface area contributed by atoms with Gasteiger partial charge in [-0.3, -0.25) is 0 Å². The topological polar surface area (TPSA) is 35.0 Å². The molecule has 2 rings (SSSR count). The van der Waals surface area contributed by atoms with Gasteiger partial charge in [-0.15, -0.1) is 0 Å². The van der Waals surface area contributed by atoms with Crippen LogP contribution in [0.1, 0.15) is 0 Å². The molecule has 0 radical (unpaired) electrons. The normalized spacial score (nSPS) is 10.0. The number of hydrogen-bond donors (Lipinski definition) is 0. The number of ether oxygens (including phenoxy) is 1. The Bertz CT molecular complexity index is 474. The Morgan fingerprint density at radius 3 is 2.73 bits per heavy atom. The molecule has 2 aromatic rings. The summed E-state index contributed by atoms with van der Waals surface area (Å²) in [6, 6.07) is 7.42. The summed E-state index contributed by atoms with van der Waals surface area (Å²) in [6.45, 7) is 0. The van der Waals surface area contributed by atoms with Crippen molar-refractivity contribution in [3.8, 4) is 17.1 Å². The lowest BCUT2D eigenvalue weighted by atomic mass is 10.1. The average Bonchev–Trinajstić information content (AvgIpc) is 2.29. The van der Waals surface area contributed by atoms with Gasteiger partial charge in [-0.25, -0.2) is 9.97 Å². The average molecular weight is 221 g/mol. The zero-order valence-corrected chi connectivity index (χ0v) is 8.90. The second-order valence-electron chi connectivity index (χ2n) is 2.92. The summed E-state index contributed by atoms with van der Waals surface area (Å²) in [5.41, 5.74) is 1.59. The lowest BCUT2D eigenvalue weighted by Gasteiger charge is -2.05. The second-order valence-corrected chi connectivity index (χ2v) is 3.36. The Labute approximate surface area is 92.7 Å². The molecule has 0 unspecified atom stereocenters. The van der Waals surface area contributed by atoms with Crippen LogP contribution in [0.25, 0.3) is 11.3 Å². The summed E-state index contributed by atoms with van der Waals surface area (Å²) in [6.07, 6.45) is 3.21. The van der Waals surface area contributed by atoms with Crippen molar-refractivity contribution < 1.29 is 4.74 Å². The largest absolute Gasteiger partial charge is 0.479 e. The Hall–Kier alpha value is -1.61. The van der Waals surface area contributed by atoms with Gasteiger partial charge in [0.25, 0.3) is 0 Å². The predicted octanol–water partition coefficient (Wildman–Crippen LogP) is 2.81. The van der Waals surface area contributed by atoms with Crippen LogP contribution in [-0.4, -0.2) is 17.1 Å². The van der Waals surface area contributed by atoms with E-state index in [4.69, 9.17) is 16.3 Å². The van der Waals surface area contributed by atoms with Gasteiger partial charge in [0.1, 0.15) is 5.69 Å². The lowest BCUT2D eigenvalue weighted by molar-refractivity contribution is 0.398. The summed E-state index contributed by atoms with van der Waals surface area (Å²) in [7, 11) is 1.57. The number of nitrogens with zero attached hydrogens (tertiary/aromatic N) is 2. The van der Waals surface area contributed by atoms with Gasteiger partial charge in [-0.2, -0.15) is 0 Å². The molecule has 0 atom stereocenters. The first kappa shape index (κ1) is 9.93. The highest BCUT2D eigenvalue weighted by molar-refractivity contribution is 6.30. The van der Waals surface area contributed by atoms with E-state index in [1.165, 1.54) is 0 Å². The second kappa shape index (κ2) is 4.28. The van der Waals surface area contributed by atoms with Crippen LogP contribution in [0.4, 0.5) is 0 Å². The highest BCUT2D eigenvalue weighted by Gasteiger charge is 2.07. The van der Waals surface area contributed by atoms with Crippen LogP contribution in [0.2, 0.25) is 5.02 Å². The molecule has 0 saturated carbocycles. The smallest absolute Gasteiger partial charge is 0.240 e. The highest BCUT2D eigenvalue weighted by Crippen LogP contribution is 2.26. The lowest BCUT2D eigenvalue weighted by Crippen LogP contribution is -1.93. The summed E-state index contributed by atoms with van der Waals surface area (Å²) >= 11 is 5.90. The van der Waals surface area contributed by atoms with E-state index in [1.807, 2.05) is 24.3 Å². The van der Waals surface area contributed by atoms with E-state index in [0.717, 1.165) is 5.56 Å². The molecule has 1 aromatic heterocycles. The quantitative estimate of drug-likeness (QED) is 0.781. The van der Waals surface area contributed by atoms with Crippen LogP contribution in [0.15, 0.2) is 36.7 Å². The molecule has 0 aliphatic rings. The minimum absolute atomic E-state index is 0.500. The standard InChI is InChI=1S/C11H9ClN2O/c1-15-11-10(13-5-6-14-11)8-3-2-4-9(12)7-8/h2-7H,1H3. The summed E-state index contributed by atoms with van der Waals surface area (Å²) in [5, 5.41) is 0.667. The summed E-state index contributed by atoms with van der Waals surface area (Å²) in [5.74, 6) is 0.500. The van der Waals surface area contributed by atoms with Gasteiger partial charge in [0.05, 0.1) is 7.11 Å². The molecule has 0 fully saturated rings. The summed E-state index contributed by atoms with van der Waals surface area (Å²) < 4.78 is 5.12. The maximum Gasteiger partial charge on any atom is 0.240 e. The number of hydrogen-bond acceptors (Lipinski definition) is 3. The van der Waals surface area contributed by atoms with Crippen molar-refractivity contribution in [1.82, 2.24) is 9.97 Å². The first-order chi connectivity index (χ1) is 7.31. The molecule has 0 aliphatic carbocycles. The van der Waals surface area contributed by atoms with Gasteiger partial charge in [-0.05, 0) is 12.1 Å². The van der Waals surface area contributed by atoms with Crippen LogP contribution < -0.4 is 4.74 Å². The van der Waals surface area contributed by atoms with Crippen LogP contribution in [0.5, 0.6) is 5.88 Å². The van der Waals surface area contributed by atoms with Crippen molar-refractivity contribution in [2.24, 2.45) is 0 Å². The third-order valence-corrected chi connectivity index (χ3v) is 2.19. The molecule has 0 N–H and O–H groups in total. The molecule has 0 bridgehead atoms. The number of rotatable bonds is 2. The fourth-order valence-corrected chi connectivity index (χ4v) is 1.50. The van der Waals surface area contributed by atoms with E-state index >= 15 is 0 Å². The van der Waals surface area contributed by atoms with E-state index in [-0.39, 0.29) is 0 Å². The van der Waals surface area contributed by atoms with Crippen molar-refractivity contribution in [3.63, 3.8) is 0 Å². The number of benzene rings is 1. The molecular formula is C11H9ClN2O. The molecule has 1 aromatic carbocycles. The van der Waals surface area contributed by atoms with Crippen LogP contribution >= 0.6 is 11.6 Å². The molecule has 0 spiro atoms. The third kappa shape index (κ3) is 2.07. The van der Waals surface area contributed by atoms with Crippen LogP contribution in [0, 0.1) is 0 Å². The van der Waals surface area contributed by atoms with E-state index in [0.29, 0.717) is 16.6 Å². The number of aromatic nitrogens is 2. The molecule has 1 heterocycles. The van der Waals surface area contributed by atoms with Crippen molar-refractivity contribution in [2.45, 2.75) is 0 Å². The molecule has 76 valence electrons. The Morgan fingerprint density at radius 2 is 2.00 bits per heavy atom. The molecule has 4 heteroatoms. The van der Waals surface area contributed by atoms with Gasteiger partial charge >= 0.3 is 0 Å². The minimum Gasteiger partial charge on any atom is -0.479 e. The fourth-order valence-electron chi connectivity index (χ4n) is 1.31. The Balaban J connectivity index is 2.53. The first-order valence-electron chi connectivity index (χ1n) is 4.42. The molecule has 15 heavy (non-hydrogen) atoms. The first-order valence-corrected chi connectivity index (χ1v) is 4.80. The van der Waals surface area contributed by atoms with E-state index in [1.54, 1.807) is 19.5 Å². The van der Waals surface area contributed by atoms with E-state index in [9.17, 15) is 0 Å². The monoisotopic (exact) mass is 220 g/mol.